The van der Waals surface area contributed by atoms with E-state index in [1.807, 2.05) is 42.6 Å². The number of methoxy groups -OCH3 is 1. The zero-order chi connectivity index (χ0) is 14.7. The average molecular weight is 278 g/mol. The van der Waals surface area contributed by atoms with Crippen molar-refractivity contribution in [2.24, 2.45) is 0 Å². The Morgan fingerprint density at radius 3 is 2.67 bits per heavy atom. The van der Waals surface area contributed by atoms with E-state index in [2.05, 4.69) is 9.97 Å². The van der Waals surface area contributed by atoms with Crippen molar-refractivity contribution in [3.8, 4) is 22.3 Å². The van der Waals surface area contributed by atoms with Crippen LogP contribution in [0, 0.1) is 0 Å². The van der Waals surface area contributed by atoms with Gasteiger partial charge in [0.25, 0.3) is 0 Å². The molecule has 2 heterocycles. The number of pyridine rings is 1. The third-order valence-corrected chi connectivity index (χ3v) is 3.31. The molecule has 3 rings (SSSR count). The lowest BCUT2D eigenvalue weighted by Crippen LogP contribution is -2.00. The zero-order valence-corrected chi connectivity index (χ0v) is 11.5. The maximum atomic E-state index is 11.5. The van der Waals surface area contributed by atoms with Crippen molar-refractivity contribution in [2.75, 3.05) is 7.11 Å². The van der Waals surface area contributed by atoms with E-state index in [1.165, 1.54) is 7.11 Å². The van der Waals surface area contributed by atoms with Crippen molar-refractivity contribution in [1.29, 1.82) is 0 Å². The minimum atomic E-state index is -0.378. The molecule has 0 aliphatic heterocycles. The fraction of sp³-hybridized carbons (Fsp3) is 0.0588. The number of hydrogen-bond donors (Lipinski definition) is 1. The Hall–Kier alpha value is -2.88. The Morgan fingerprint density at radius 2 is 1.90 bits per heavy atom. The molecule has 0 radical (unpaired) electrons. The van der Waals surface area contributed by atoms with E-state index in [-0.39, 0.29) is 5.97 Å². The Bertz CT molecular complexity index is 763. The molecule has 4 heteroatoms. The summed E-state index contributed by atoms with van der Waals surface area (Å²) in [5.74, 6) is -0.378. The monoisotopic (exact) mass is 278 g/mol. The topological polar surface area (TPSA) is 55.0 Å². The number of carbonyl (C=O) groups excluding carboxylic acids is 1. The van der Waals surface area contributed by atoms with Crippen molar-refractivity contribution in [1.82, 2.24) is 9.97 Å². The van der Waals surface area contributed by atoms with Gasteiger partial charge in [-0.1, -0.05) is 30.3 Å². The quantitative estimate of drug-likeness (QED) is 0.746. The third kappa shape index (κ3) is 2.56. The Labute approximate surface area is 122 Å². The lowest BCUT2D eigenvalue weighted by Gasteiger charge is -2.07. The van der Waals surface area contributed by atoms with E-state index in [9.17, 15) is 4.79 Å². The number of hydrogen-bond acceptors (Lipinski definition) is 3. The number of esters is 1. The summed E-state index contributed by atoms with van der Waals surface area (Å²) in [5.41, 5.74) is 4.48. The van der Waals surface area contributed by atoms with Crippen molar-refractivity contribution < 1.29 is 9.53 Å². The molecule has 0 saturated carbocycles. The highest BCUT2D eigenvalue weighted by Crippen LogP contribution is 2.31. The lowest BCUT2D eigenvalue weighted by atomic mass is 9.98. The molecule has 0 saturated heterocycles. The first-order valence-electron chi connectivity index (χ1n) is 6.56. The molecule has 4 nitrogen and oxygen atoms in total. The van der Waals surface area contributed by atoms with Crippen molar-refractivity contribution in [2.45, 2.75) is 0 Å². The van der Waals surface area contributed by atoms with Crippen LogP contribution >= 0.6 is 0 Å². The van der Waals surface area contributed by atoms with Gasteiger partial charge >= 0.3 is 5.97 Å². The number of aromatic amines is 1. The van der Waals surface area contributed by atoms with Gasteiger partial charge in [0, 0.05) is 29.7 Å². The number of ether oxygens (including phenoxy) is 1. The van der Waals surface area contributed by atoms with Crippen LogP contribution in [0.5, 0.6) is 0 Å². The number of benzene rings is 1. The zero-order valence-electron chi connectivity index (χ0n) is 11.5. The van der Waals surface area contributed by atoms with Crippen LogP contribution in [0.1, 0.15) is 10.5 Å². The average Bonchev–Trinajstić information content (AvgIpc) is 3.05. The van der Waals surface area contributed by atoms with E-state index >= 15 is 0 Å². The molecule has 0 amide bonds. The highest BCUT2D eigenvalue weighted by molar-refractivity contribution is 5.91. The fourth-order valence-corrected chi connectivity index (χ4v) is 2.27. The molecule has 0 aliphatic carbocycles. The molecule has 0 aliphatic rings. The smallest absolute Gasteiger partial charge is 0.354 e. The molecule has 3 aromatic rings. The molecule has 1 N–H and O–H groups in total. The summed E-state index contributed by atoms with van der Waals surface area (Å²) >= 11 is 0. The van der Waals surface area contributed by atoms with Gasteiger partial charge in [0.05, 0.1) is 7.11 Å². The first kappa shape index (κ1) is 13.1. The first-order chi connectivity index (χ1) is 10.3. The second kappa shape index (κ2) is 5.63. The predicted molar refractivity (Wildman–Crippen MR) is 80.8 cm³/mol. The summed E-state index contributed by atoms with van der Waals surface area (Å²) in [6.07, 6.45) is 5.37. The predicted octanol–water partition coefficient (Wildman–Crippen LogP) is 3.53. The van der Waals surface area contributed by atoms with Crippen LogP contribution in [0.25, 0.3) is 22.3 Å². The standard InChI is InChI=1S/C17H14N2O2/c1-21-17(20)16-9-13(10-19-16)14-7-8-18-11-15(14)12-5-3-2-4-6-12/h2-11,19H,1H3. The van der Waals surface area contributed by atoms with Gasteiger partial charge in [-0.15, -0.1) is 0 Å². The van der Waals surface area contributed by atoms with E-state index < -0.39 is 0 Å². The second-order valence-corrected chi connectivity index (χ2v) is 4.58. The summed E-state index contributed by atoms with van der Waals surface area (Å²) < 4.78 is 4.72. The lowest BCUT2D eigenvalue weighted by molar-refractivity contribution is 0.0595. The summed E-state index contributed by atoms with van der Waals surface area (Å²) in [4.78, 5) is 18.7. The van der Waals surface area contributed by atoms with Crippen LogP contribution in [-0.2, 0) is 4.74 Å². The van der Waals surface area contributed by atoms with Gasteiger partial charge in [-0.2, -0.15) is 0 Å². The van der Waals surface area contributed by atoms with Crippen LogP contribution in [0.3, 0.4) is 0 Å². The van der Waals surface area contributed by atoms with Crippen molar-refractivity contribution in [3.05, 3.63) is 66.7 Å². The Morgan fingerprint density at radius 1 is 1.10 bits per heavy atom. The molecule has 1 aromatic carbocycles. The molecule has 2 aromatic heterocycles. The first-order valence-corrected chi connectivity index (χ1v) is 6.56. The molecule has 0 unspecified atom stereocenters. The summed E-state index contributed by atoms with van der Waals surface area (Å²) in [7, 11) is 1.37. The van der Waals surface area contributed by atoms with Crippen LogP contribution < -0.4 is 0 Å². The van der Waals surface area contributed by atoms with Gasteiger partial charge in [0.1, 0.15) is 5.69 Å². The maximum Gasteiger partial charge on any atom is 0.354 e. The number of nitrogens with one attached hydrogen (secondary N) is 1. The van der Waals surface area contributed by atoms with E-state index in [0.717, 1.165) is 22.3 Å². The second-order valence-electron chi connectivity index (χ2n) is 4.58. The number of H-pyrrole nitrogens is 1. The number of aromatic nitrogens is 2. The Balaban J connectivity index is 2.07. The Kier molecular flexibility index (Phi) is 3.51. The summed E-state index contributed by atoms with van der Waals surface area (Å²) in [6.45, 7) is 0. The minimum Gasteiger partial charge on any atom is -0.464 e. The fourth-order valence-electron chi connectivity index (χ4n) is 2.27. The third-order valence-electron chi connectivity index (χ3n) is 3.31. The number of nitrogens with zero attached hydrogens (tertiary/aromatic N) is 1. The van der Waals surface area contributed by atoms with E-state index in [0.29, 0.717) is 5.69 Å². The van der Waals surface area contributed by atoms with Crippen LogP contribution in [0.15, 0.2) is 61.1 Å². The molecule has 21 heavy (non-hydrogen) atoms. The van der Waals surface area contributed by atoms with Gasteiger partial charge < -0.3 is 9.72 Å². The molecule has 0 bridgehead atoms. The number of carbonyl (C=O) groups is 1. The molecular formula is C17H14N2O2. The van der Waals surface area contributed by atoms with Crippen molar-refractivity contribution in [3.63, 3.8) is 0 Å². The van der Waals surface area contributed by atoms with Crippen molar-refractivity contribution >= 4 is 5.97 Å². The SMILES string of the molecule is COC(=O)c1cc(-c2ccncc2-c2ccccc2)c[nH]1. The van der Waals surface area contributed by atoms with Gasteiger partial charge in [-0.3, -0.25) is 4.98 Å². The van der Waals surface area contributed by atoms with Gasteiger partial charge in [0.2, 0.25) is 0 Å². The minimum absolute atomic E-state index is 0.378. The highest BCUT2D eigenvalue weighted by atomic mass is 16.5. The largest absolute Gasteiger partial charge is 0.464 e. The number of rotatable bonds is 3. The molecule has 104 valence electrons. The summed E-state index contributed by atoms with van der Waals surface area (Å²) in [5, 5.41) is 0. The maximum absolute atomic E-state index is 11.5. The molecule has 0 spiro atoms. The molecule has 0 fully saturated rings. The van der Waals surface area contributed by atoms with Crippen LogP contribution in [-0.4, -0.2) is 23.0 Å². The molecular weight excluding hydrogens is 264 g/mol. The van der Waals surface area contributed by atoms with Crippen LogP contribution in [0.4, 0.5) is 0 Å². The van der Waals surface area contributed by atoms with Gasteiger partial charge in [-0.25, -0.2) is 4.79 Å². The van der Waals surface area contributed by atoms with Gasteiger partial charge in [-0.05, 0) is 23.3 Å². The van der Waals surface area contributed by atoms with Crippen LogP contribution in [0.2, 0.25) is 0 Å². The van der Waals surface area contributed by atoms with E-state index in [4.69, 9.17) is 4.74 Å². The normalized spacial score (nSPS) is 10.3. The molecule has 0 atom stereocenters. The van der Waals surface area contributed by atoms with Gasteiger partial charge in [0.15, 0.2) is 0 Å². The highest BCUT2D eigenvalue weighted by Gasteiger charge is 2.12. The summed E-state index contributed by atoms with van der Waals surface area (Å²) in [6, 6.07) is 13.8. The van der Waals surface area contributed by atoms with E-state index in [1.54, 1.807) is 18.5 Å².